The highest BCUT2D eigenvalue weighted by molar-refractivity contribution is 5.85. The average molecular weight is 563 g/mol. The summed E-state index contributed by atoms with van der Waals surface area (Å²) in [7, 11) is 0. The van der Waals surface area contributed by atoms with Crippen molar-refractivity contribution in [3.05, 3.63) is 11.6 Å². The lowest BCUT2D eigenvalue weighted by Crippen LogP contribution is -2.67. The van der Waals surface area contributed by atoms with Crippen molar-refractivity contribution in [2.24, 2.45) is 34.5 Å². The predicted molar refractivity (Wildman–Crippen MR) is 142 cm³/mol. The van der Waals surface area contributed by atoms with E-state index in [1.54, 1.807) is 13.0 Å². The van der Waals surface area contributed by atoms with Crippen molar-refractivity contribution in [3.8, 4) is 0 Å². The molecule has 0 bridgehead atoms. The quantitative estimate of drug-likeness (QED) is 0.349. The molecule has 0 radical (unpaired) electrons. The SMILES string of the molecule is CC(=O)O[C@@H]1C[C@H]2[C@@H](CC[C@@H]3C[C@@H](O[C@H]4C[C@H](O)[C@H](O)[C@@H](C)O4)CC[C@@]32C)[C@@]2(O)CC[C@H](C3=CC(=O)OC3)[C@@]12C. The van der Waals surface area contributed by atoms with Gasteiger partial charge in [0.2, 0.25) is 0 Å². The van der Waals surface area contributed by atoms with Gasteiger partial charge in [-0.1, -0.05) is 13.8 Å². The molecule has 5 fully saturated rings. The number of cyclic esters (lactones) is 1. The van der Waals surface area contributed by atoms with Gasteiger partial charge in [-0.25, -0.2) is 4.79 Å². The first-order chi connectivity index (χ1) is 18.9. The first-order valence-corrected chi connectivity index (χ1v) is 15.3. The molecule has 6 rings (SSSR count). The number of rotatable bonds is 4. The number of fused-ring (bicyclic) bond motifs is 5. The lowest BCUT2D eigenvalue weighted by Gasteiger charge is -2.65. The second kappa shape index (κ2) is 10.0. The van der Waals surface area contributed by atoms with Gasteiger partial charge in [0.25, 0.3) is 0 Å². The van der Waals surface area contributed by atoms with Gasteiger partial charge in [0.15, 0.2) is 6.29 Å². The minimum Gasteiger partial charge on any atom is -0.462 e. The van der Waals surface area contributed by atoms with Gasteiger partial charge in [0.05, 0.1) is 23.9 Å². The molecule has 0 aromatic heterocycles. The number of hydrogen-bond acceptors (Lipinski definition) is 9. The van der Waals surface area contributed by atoms with Crippen LogP contribution >= 0.6 is 0 Å². The van der Waals surface area contributed by atoms with Gasteiger partial charge in [-0.3, -0.25) is 4.79 Å². The third-order valence-electron chi connectivity index (χ3n) is 12.3. The molecule has 4 saturated carbocycles. The number of esters is 2. The second-order valence-corrected chi connectivity index (χ2v) is 14.0. The van der Waals surface area contributed by atoms with Crippen molar-refractivity contribution in [1.29, 1.82) is 0 Å². The van der Waals surface area contributed by atoms with Crippen LogP contribution in [0.4, 0.5) is 0 Å². The zero-order valence-corrected chi connectivity index (χ0v) is 24.2. The van der Waals surface area contributed by atoms with Crippen LogP contribution in [-0.4, -0.2) is 76.3 Å². The molecule has 4 aliphatic carbocycles. The molecule has 2 heterocycles. The maximum absolute atomic E-state index is 12.7. The largest absolute Gasteiger partial charge is 0.462 e. The van der Waals surface area contributed by atoms with Crippen LogP contribution in [0, 0.1) is 34.5 Å². The molecule has 3 N–H and O–H groups in total. The number of aliphatic hydroxyl groups is 3. The molecular formula is C31H46O9. The van der Waals surface area contributed by atoms with Crippen LogP contribution in [0.15, 0.2) is 11.6 Å². The molecule has 0 aromatic carbocycles. The molecule has 2 aliphatic heterocycles. The Bertz CT molecular complexity index is 1050. The Morgan fingerprint density at radius 3 is 2.50 bits per heavy atom. The van der Waals surface area contributed by atoms with Gasteiger partial charge in [0, 0.05) is 24.8 Å². The summed E-state index contributed by atoms with van der Waals surface area (Å²) in [6.07, 6.45) is 5.28. The first-order valence-electron chi connectivity index (χ1n) is 15.3. The maximum Gasteiger partial charge on any atom is 0.331 e. The van der Waals surface area contributed by atoms with Gasteiger partial charge < -0.3 is 34.3 Å². The molecule has 224 valence electrons. The number of carbonyl (C=O) groups excluding carboxylic acids is 2. The van der Waals surface area contributed by atoms with E-state index in [1.165, 1.54) is 6.92 Å². The molecule has 13 atom stereocenters. The molecular weight excluding hydrogens is 516 g/mol. The van der Waals surface area contributed by atoms with Gasteiger partial charge in [-0.05, 0) is 93.0 Å². The van der Waals surface area contributed by atoms with E-state index in [1.807, 2.05) is 0 Å². The standard InChI is InChI=1S/C31H46O9/c1-16-28(35)24(33)14-27(38-16)40-20-7-9-29(3)19(12-20)5-6-22-23(29)13-25(39-17(2)32)30(4)21(8-10-31(22,30)36)18-11-26(34)37-15-18/h11,16,19-25,27-28,33,35-36H,5-10,12-15H2,1-4H3/t16-,19-,20+,21-,22-,23+,24+,25-,27+,28-,29+,30+,31+/m1/s1. The first kappa shape index (κ1) is 28.6. The van der Waals surface area contributed by atoms with Crippen molar-refractivity contribution >= 4 is 11.9 Å². The highest BCUT2D eigenvalue weighted by Gasteiger charge is 2.72. The van der Waals surface area contributed by atoms with E-state index >= 15 is 0 Å². The lowest BCUT2D eigenvalue weighted by atomic mass is 9.42. The van der Waals surface area contributed by atoms with Crippen LogP contribution in [0.2, 0.25) is 0 Å². The average Bonchev–Trinajstić information content (AvgIpc) is 3.43. The van der Waals surface area contributed by atoms with E-state index in [-0.39, 0.29) is 54.2 Å². The fourth-order valence-electron chi connectivity index (χ4n) is 10.1. The summed E-state index contributed by atoms with van der Waals surface area (Å²) in [5, 5.41) is 32.9. The summed E-state index contributed by atoms with van der Waals surface area (Å²) in [6.45, 7) is 7.88. The minimum absolute atomic E-state index is 0.0122. The van der Waals surface area contributed by atoms with E-state index in [0.717, 1.165) is 44.1 Å². The topological polar surface area (TPSA) is 132 Å². The van der Waals surface area contributed by atoms with E-state index in [0.29, 0.717) is 18.8 Å². The number of ether oxygens (including phenoxy) is 4. The molecule has 6 aliphatic rings. The fraction of sp³-hybridized carbons (Fsp3) is 0.871. The second-order valence-electron chi connectivity index (χ2n) is 14.0. The Labute approximate surface area is 236 Å². The highest BCUT2D eigenvalue weighted by atomic mass is 16.7. The molecule has 9 nitrogen and oxygen atoms in total. The monoisotopic (exact) mass is 562 g/mol. The minimum atomic E-state index is -1.00. The molecule has 0 unspecified atom stereocenters. The van der Waals surface area contributed by atoms with E-state index < -0.39 is 41.7 Å². The van der Waals surface area contributed by atoms with Gasteiger partial charge in [-0.2, -0.15) is 0 Å². The van der Waals surface area contributed by atoms with Crippen molar-refractivity contribution in [2.75, 3.05) is 6.61 Å². The van der Waals surface area contributed by atoms with Crippen LogP contribution in [0.3, 0.4) is 0 Å². The fourth-order valence-corrected chi connectivity index (χ4v) is 10.1. The van der Waals surface area contributed by atoms with Gasteiger partial charge >= 0.3 is 11.9 Å². The van der Waals surface area contributed by atoms with Crippen molar-refractivity contribution in [3.63, 3.8) is 0 Å². The summed E-state index contributed by atoms with van der Waals surface area (Å²) < 4.78 is 23.5. The Balaban J connectivity index is 1.23. The van der Waals surface area contributed by atoms with E-state index in [9.17, 15) is 24.9 Å². The molecule has 9 heteroatoms. The maximum atomic E-state index is 12.7. The van der Waals surface area contributed by atoms with Crippen molar-refractivity contribution in [2.45, 2.75) is 128 Å². The number of hydrogen-bond donors (Lipinski definition) is 3. The molecule has 0 aromatic rings. The lowest BCUT2D eigenvalue weighted by molar-refractivity contribution is -0.275. The van der Waals surface area contributed by atoms with E-state index in [2.05, 4.69) is 13.8 Å². The molecule has 0 amide bonds. The smallest absolute Gasteiger partial charge is 0.331 e. The summed E-state index contributed by atoms with van der Waals surface area (Å²) in [5.74, 6) is -0.0597. The van der Waals surface area contributed by atoms with Crippen molar-refractivity contribution in [1.82, 2.24) is 0 Å². The zero-order chi connectivity index (χ0) is 28.6. The molecule has 0 spiro atoms. The van der Waals surface area contributed by atoms with Gasteiger partial charge in [0.1, 0.15) is 18.8 Å². The summed E-state index contributed by atoms with van der Waals surface area (Å²) in [5.41, 5.74) is -0.812. The Kier molecular flexibility index (Phi) is 7.18. The third kappa shape index (κ3) is 4.29. The van der Waals surface area contributed by atoms with Crippen LogP contribution in [0.5, 0.6) is 0 Å². The van der Waals surface area contributed by atoms with Crippen LogP contribution < -0.4 is 0 Å². The van der Waals surface area contributed by atoms with Crippen LogP contribution in [0.1, 0.15) is 85.5 Å². The van der Waals surface area contributed by atoms with Crippen LogP contribution in [-0.2, 0) is 28.5 Å². The number of aliphatic hydroxyl groups excluding tert-OH is 2. The number of carbonyl (C=O) groups is 2. The van der Waals surface area contributed by atoms with Crippen molar-refractivity contribution < 1.29 is 43.9 Å². The van der Waals surface area contributed by atoms with E-state index in [4.69, 9.17) is 18.9 Å². The Morgan fingerprint density at radius 2 is 1.82 bits per heavy atom. The molecule has 1 saturated heterocycles. The molecule has 40 heavy (non-hydrogen) atoms. The van der Waals surface area contributed by atoms with Gasteiger partial charge in [-0.15, -0.1) is 0 Å². The normalized spacial score (nSPS) is 52.2. The highest BCUT2D eigenvalue weighted by Crippen LogP contribution is 2.70. The third-order valence-corrected chi connectivity index (χ3v) is 12.3. The predicted octanol–water partition coefficient (Wildman–Crippen LogP) is 3.03. The zero-order valence-electron chi connectivity index (χ0n) is 24.2. The Morgan fingerprint density at radius 1 is 1.05 bits per heavy atom. The Hall–Kier alpha value is -1.52. The summed E-state index contributed by atoms with van der Waals surface area (Å²) in [4.78, 5) is 24.3. The summed E-state index contributed by atoms with van der Waals surface area (Å²) >= 11 is 0. The van der Waals surface area contributed by atoms with Crippen LogP contribution in [0.25, 0.3) is 0 Å². The summed E-state index contributed by atoms with van der Waals surface area (Å²) in [6, 6.07) is 0.